The standard InChI is InChI=1S/C34H26F6O4/c1-21-13-9-10-18-24(21)32(34(38,39)40)26-20-12-11-19-25(26)31(2,33(35,36)37)27(43-29(41)22-14-5-3-6-15-22)28(32)44-30(42)23-16-7-4-8-17-23/h3-20,27-28H,1-2H3. The van der Waals surface area contributed by atoms with Crippen molar-refractivity contribution in [2.24, 2.45) is 0 Å². The number of benzene rings is 4. The number of ether oxygens (including phenoxy) is 2. The van der Waals surface area contributed by atoms with Gasteiger partial charge in [-0.15, -0.1) is 0 Å². The molecule has 0 bridgehead atoms. The summed E-state index contributed by atoms with van der Waals surface area (Å²) in [6, 6.07) is 23.4. The minimum atomic E-state index is -5.36. The fraction of sp³-hybridized carbons (Fsp3) is 0.235. The summed E-state index contributed by atoms with van der Waals surface area (Å²) in [6.45, 7) is 2.04. The molecule has 44 heavy (non-hydrogen) atoms. The Morgan fingerprint density at radius 1 is 0.568 bits per heavy atom. The second kappa shape index (κ2) is 11.2. The molecule has 0 aliphatic heterocycles. The minimum Gasteiger partial charge on any atom is -0.453 e. The second-order valence-electron chi connectivity index (χ2n) is 10.8. The predicted octanol–water partition coefficient (Wildman–Crippen LogP) is 8.13. The van der Waals surface area contributed by atoms with Gasteiger partial charge in [-0.1, -0.05) is 84.9 Å². The molecule has 1 aliphatic rings. The molecule has 0 aromatic heterocycles. The van der Waals surface area contributed by atoms with Crippen molar-refractivity contribution in [2.75, 3.05) is 0 Å². The van der Waals surface area contributed by atoms with Gasteiger partial charge in [0.15, 0.2) is 17.6 Å². The van der Waals surface area contributed by atoms with Crippen LogP contribution >= 0.6 is 0 Å². The molecule has 4 atom stereocenters. The molecule has 0 N–H and O–H groups in total. The highest BCUT2D eigenvalue weighted by atomic mass is 19.4. The number of rotatable bonds is 5. The number of hydrogen-bond donors (Lipinski definition) is 0. The van der Waals surface area contributed by atoms with E-state index >= 15 is 26.3 Å². The van der Waals surface area contributed by atoms with Crippen LogP contribution in [0.2, 0.25) is 0 Å². The Hall–Kier alpha value is -4.60. The Labute approximate surface area is 249 Å². The van der Waals surface area contributed by atoms with E-state index in [4.69, 9.17) is 9.47 Å². The molecular formula is C34H26F6O4. The molecule has 5 rings (SSSR count). The van der Waals surface area contributed by atoms with Crippen LogP contribution in [0.1, 0.15) is 49.9 Å². The maximum Gasteiger partial charge on any atom is 0.406 e. The Balaban J connectivity index is 1.90. The fourth-order valence-corrected chi connectivity index (χ4v) is 6.06. The summed E-state index contributed by atoms with van der Waals surface area (Å²) in [6.07, 6.45) is -16.0. The van der Waals surface area contributed by atoms with Crippen molar-refractivity contribution in [3.8, 4) is 0 Å². The van der Waals surface area contributed by atoms with E-state index in [-0.39, 0.29) is 16.7 Å². The molecule has 0 radical (unpaired) electrons. The van der Waals surface area contributed by atoms with Gasteiger partial charge < -0.3 is 9.47 Å². The highest BCUT2D eigenvalue weighted by Crippen LogP contribution is 2.62. The van der Waals surface area contributed by atoms with Crippen LogP contribution in [0.5, 0.6) is 0 Å². The molecule has 4 aromatic rings. The van der Waals surface area contributed by atoms with Crippen molar-refractivity contribution < 1.29 is 45.4 Å². The van der Waals surface area contributed by atoms with Gasteiger partial charge in [0.25, 0.3) is 0 Å². The first kappa shape index (κ1) is 30.8. The first-order valence-electron chi connectivity index (χ1n) is 13.6. The van der Waals surface area contributed by atoms with Gasteiger partial charge in [-0.2, -0.15) is 26.3 Å². The van der Waals surface area contributed by atoms with E-state index in [1.165, 1.54) is 85.8 Å². The largest absolute Gasteiger partial charge is 0.453 e. The van der Waals surface area contributed by atoms with Crippen LogP contribution in [0, 0.1) is 6.92 Å². The lowest BCUT2D eigenvalue weighted by Crippen LogP contribution is -2.70. The minimum absolute atomic E-state index is 0.0733. The third-order valence-corrected chi connectivity index (χ3v) is 8.28. The van der Waals surface area contributed by atoms with E-state index in [0.29, 0.717) is 6.92 Å². The number of hydrogen-bond acceptors (Lipinski definition) is 4. The van der Waals surface area contributed by atoms with Crippen LogP contribution in [-0.2, 0) is 20.3 Å². The Morgan fingerprint density at radius 2 is 0.977 bits per heavy atom. The topological polar surface area (TPSA) is 52.6 Å². The number of alkyl halides is 6. The summed E-state index contributed by atoms with van der Waals surface area (Å²) < 4.78 is 105. The van der Waals surface area contributed by atoms with Crippen LogP contribution in [0.15, 0.2) is 109 Å². The predicted molar refractivity (Wildman–Crippen MR) is 149 cm³/mol. The molecule has 228 valence electrons. The quantitative estimate of drug-likeness (QED) is 0.169. The number of aryl methyl sites for hydroxylation is 1. The van der Waals surface area contributed by atoms with Gasteiger partial charge in [0.1, 0.15) is 5.41 Å². The summed E-state index contributed by atoms with van der Waals surface area (Å²) in [4.78, 5) is 26.9. The van der Waals surface area contributed by atoms with Crippen molar-refractivity contribution in [2.45, 2.75) is 49.2 Å². The zero-order valence-corrected chi connectivity index (χ0v) is 23.4. The second-order valence-corrected chi connectivity index (χ2v) is 10.8. The van der Waals surface area contributed by atoms with Crippen molar-refractivity contribution in [3.05, 3.63) is 143 Å². The lowest BCUT2D eigenvalue weighted by atomic mass is 9.54. The summed E-state index contributed by atoms with van der Waals surface area (Å²) >= 11 is 0. The zero-order chi connectivity index (χ0) is 31.9. The van der Waals surface area contributed by atoms with Crippen LogP contribution < -0.4 is 0 Å². The van der Waals surface area contributed by atoms with Gasteiger partial charge in [0.05, 0.1) is 11.1 Å². The summed E-state index contributed by atoms with van der Waals surface area (Å²) in [5, 5.41) is 0. The van der Waals surface area contributed by atoms with Crippen molar-refractivity contribution in [1.29, 1.82) is 0 Å². The molecule has 0 saturated carbocycles. The molecule has 0 amide bonds. The molecule has 0 fully saturated rings. The molecular weight excluding hydrogens is 586 g/mol. The van der Waals surface area contributed by atoms with Gasteiger partial charge >= 0.3 is 24.3 Å². The average Bonchev–Trinajstić information content (AvgIpc) is 2.99. The Morgan fingerprint density at radius 3 is 1.43 bits per heavy atom. The smallest absolute Gasteiger partial charge is 0.406 e. The van der Waals surface area contributed by atoms with Crippen molar-refractivity contribution in [1.82, 2.24) is 0 Å². The van der Waals surface area contributed by atoms with E-state index in [1.807, 2.05) is 0 Å². The number of fused-ring (bicyclic) bond motifs is 1. The number of esters is 2. The zero-order valence-electron chi connectivity index (χ0n) is 23.4. The molecule has 0 heterocycles. The summed E-state index contributed by atoms with van der Waals surface area (Å²) in [7, 11) is 0. The highest BCUT2D eigenvalue weighted by Gasteiger charge is 2.76. The van der Waals surface area contributed by atoms with Crippen LogP contribution in [-0.4, -0.2) is 36.5 Å². The fourth-order valence-electron chi connectivity index (χ4n) is 6.06. The van der Waals surface area contributed by atoms with E-state index in [2.05, 4.69) is 0 Å². The van der Waals surface area contributed by atoms with Gasteiger partial charge in [-0.25, -0.2) is 9.59 Å². The van der Waals surface area contributed by atoms with E-state index in [0.717, 1.165) is 18.2 Å². The van der Waals surface area contributed by atoms with Crippen molar-refractivity contribution >= 4 is 11.9 Å². The lowest BCUT2D eigenvalue weighted by Gasteiger charge is -2.55. The number of carbonyl (C=O) groups excluding carboxylic acids is 2. The lowest BCUT2D eigenvalue weighted by molar-refractivity contribution is -0.265. The third-order valence-electron chi connectivity index (χ3n) is 8.28. The normalized spacial score (nSPS) is 23.4. The molecule has 0 spiro atoms. The van der Waals surface area contributed by atoms with E-state index < -0.39 is 64.0 Å². The van der Waals surface area contributed by atoms with E-state index in [9.17, 15) is 9.59 Å². The first-order valence-corrected chi connectivity index (χ1v) is 13.6. The maximum atomic E-state index is 16.0. The average molecular weight is 613 g/mol. The summed E-state index contributed by atoms with van der Waals surface area (Å²) in [5.74, 6) is -2.63. The number of carbonyl (C=O) groups is 2. The molecule has 4 unspecified atom stereocenters. The molecule has 4 nitrogen and oxygen atoms in total. The molecule has 4 aromatic carbocycles. The molecule has 0 saturated heterocycles. The van der Waals surface area contributed by atoms with Crippen LogP contribution in [0.4, 0.5) is 26.3 Å². The van der Waals surface area contributed by atoms with Crippen LogP contribution in [0.3, 0.4) is 0 Å². The first-order chi connectivity index (χ1) is 20.7. The van der Waals surface area contributed by atoms with Gasteiger partial charge in [-0.05, 0) is 60.4 Å². The van der Waals surface area contributed by atoms with E-state index in [1.54, 1.807) is 12.1 Å². The summed E-state index contributed by atoms with van der Waals surface area (Å²) in [5.41, 5.74) is -8.92. The van der Waals surface area contributed by atoms with Gasteiger partial charge in [0.2, 0.25) is 0 Å². The number of halogens is 6. The molecule has 1 aliphatic carbocycles. The van der Waals surface area contributed by atoms with Crippen LogP contribution in [0.25, 0.3) is 0 Å². The SMILES string of the molecule is Cc1ccccc1C1(C(F)(F)F)c2ccccc2C(C)(C(F)(F)F)C(OC(=O)c2ccccc2)C1OC(=O)c1ccccc1. The van der Waals surface area contributed by atoms with Gasteiger partial charge in [-0.3, -0.25) is 0 Å². The Kier molecular flexibility index (Phi) is 7.82. The molecule has 10 heteroatoms. The Bertz CT molecular complexity index is 1670. The maximum absolute atomic E-state index is 16.0. The van der Waals surface area contributed by atoms with Crippen molar-refractivity contribution in [3.63, 3.8) is 0 Å². The monoisotopic (exact) mass is 612 g/mol. The third kappa shape index (κ3) is 4.82. The highest BCUT2D eigenvalue weighted by molar-refractivity contribution is 5.91. The van der Waals surface area contributed by atoms with Gasteiger partial charge in [0, 0.05) is 0 Å².